The highest BCUT2D eigenvalue weighted by Crippen LogP contribution is 2.31. The molecule has 1 heterocycles. The van der Waals surface area contributed by atoms with E-state index in [1.165, 1.54) is 12.1 Å². The molecular formula is C26H25F3N2O3. The molecule has 2 amide bonds. The Kier molecular flexibility index (Phi) is 6.77. The van der Waals surface area contributed by atoms with Crippen molar-refractivity contribution in [2.24, 2.45) is 5.92 Å². The number of likely N-dealkylation sites (tertiary alicyclic amines) is 1. The molecule has 4 rings (SSSR count). The van der Waals surface area contributed by atoms with Gasteiger partial charge in [0, 0.05) is 30.6 Å². The predicted octanol–water partition coefficient (Wildman–Crippen LogP) is 5.04. The van der Waals surface area contributed by atoms with E-state index >= 15 is 0 Å². The second-order valence-electron chi connectivity index (χ2n) is 8.36. The Hall–Kier alpha value is -3.55. The monoisotopic (exact) mass is 470 g/mol. The number of hydrogen-bond acceptors (Lipinski definition) is 3. The topological polar surface area (TPSA) is 58.6 Å². The molecule has 0 bridgehead atoms. The molecule has 0 aliphatic carbocycles. The van der Waals surface area contributed by atoms with Gasteiger partial charge in [0.1, 0.15) is 5.75 Å². The lowest BCUT2D eigenvalue weighted by Crippen LogP contribution is -2.45. The summed E-state index contributed by atoms with van der Waals surface area (Å²) in [5, 5.41) is 4.43. The molecule has 34 heavy (non-hydrogen) atoms. The number of amides is 2. The van der Waals surface area contributed by atoms with E-state index in [1.807, 2.05) is 24.3 Å². The van der Waals surface area contributed by atoms with Gasteiger partial charge in [-0.2, -0.15) is 13.2 Å². The summed E-state index contributed by atoms with van der Waals surface area (Å²) in [5.41, 5.74) is 0.409. The summed E-state index contributed by atoms with van der Waals surface area (Å²) in [7, 11) is 1.59. The fraction of sp³-hybridized carbons (Fsp3) is 0.308. The van der Waals surface area contributed by atoms with Gasteiger partial charge in [0.15, 0.2) is 0 Å². The summed E-state index contributed by atoms with van der Waals surface area (Å²) >= 11 is 0. The molecule has 3 aromatic rings. The Balaban J connectivity index is 1.42. The van der Waals surface area contributed by atoms with Crippen molar-refractivity contribution in [2.75, 3.05) is 20.2 Å². The van der Waals surface area contributed by atoms with Crippen LogP contribution in [-0.4, -0.2) is 36.9 Å². The quantitative estimate of drug-likeness (QED) is 0.569. The first-order valence-corrected chi connectivity index (χ1v) is 11.1. The fourth-order valence-electron chi connectivity index (χ4n) is 4.33. The number of nitrogens with one attached hydrogen (secondary N) is 1. The van der Waals surface area contributed by atoms with Crippen LogP contribution in [0.5, 0.6) is 5.75 Å². The number of carbonyl (C=O) groups is 2. The maximum absolute atomic E-state index is 13.3. The van der Waals surface area contributed by atoms with Crippen molar-refractivity contribution in [3.63, 3.8) is 0 Å². The highest BCUT2D eigenvalue weighted by Gasteiger charge is 2.31. The first-order valence-electron chi connectivity index (χ1n) is 11.1. The van der Waals surface area contributed by atoms with Crippen molar-refractivity contribution in [3.05, 3.63) is 77.4 Å². The third kappa shape index (κ3) is 5.00. The van der Waals surface area contributed by atoms with E-state index in [-0.39, 0.29) is 30.8 Å². The molecule has 1 saturated heterocycles. The van der Waals surface area contributed by atoms with Gasteiger partial charge in [-0.3, -0.25) is 9.59 Å². The third-order valence-electron chi connectivity index (χ3n) is 6.16. The predicted molar refractivity (Wildman–Crippen MR) is 122 cm³/mol. The molecule has 1 atom stereocenters. The van der Waals surface area contributed by atoms with E-state index in [4.69, 9.17) is 4.74 Å². The Labute approximate surface area is 195 Å². The van der Waals surface area contributed by atoms with Gasteiger partial charge in [0.2, 0.25) is 5.91 Å². The van der Waals surface area contributed by atoms with E-state index in [1.54, 1.807) is 24.1 Å². The van der Waals surface area contributed by atoms with Crippen LogP contribution in [0.1, 0.15) is 34.3 Å². The minimum Gasteiger partial charge on any atom is -0.496 e. The number of nitrogens with zero attached hydrogens (tertiary/aromatic N) is 1. The summed E-state index contributed by atoms with van der Waals surface area (Å²) in [6.07, 6.45) is -3.06. The number of alkyl halides is 3. The van der Waals surface area contributed by atoms with Gasteiger partial charge in [0.05, 0.1) is 18.6 Å². The maximum atomic E-state index is 13.3. The summed E-state index contributed by atoms with van der Waals surface area (Å²) in [6, 6.07) is 15.8. The zero-order valence-electron chi connectivity index (χ0n) is 18.7. The number of methoxy groups -OCH3 is 1. The van der Waals surface area contributed by atoms with E-state index in [2.05, 4.69) is 5.32 Å². The largest absolute Gasteiger partial charge is 0.496 e. The number of halogens is 3. The van der Waals surface area contributed by atoms with Crippen molar-refractivity contribution in [1.82, 2.24) is 10.2 Å². The van der Waals surface area contributed by atoms with E-state index in [9.17, 15) is 22.8 Å². The number of hydrogen-bond donors (Lipinski definition) is 1. The molecule has 0 spiro atoms. The summed E-state index contributed by atoms with van der Waals surface area (Å²) < 4.78 is 43.6. The number of ether oxygens (including phenoxy) is 1. The first-order chi connectivity index (χ1) is 16.3. The molecule has 1 aliphatic rings. The highest BCUT2D eigenvalue weighted by atomic mass is 19.4. The van der Waals surface area contributed by atoms with E-state index in [0.717, 1.165) is 22.9 Å². The zero-order valence-corrected chi connectivity index (χ0v) is 18.7. The Morgan fingerprint density at radius 1 is 1.03 bits per heavy atom. The molecule has 1 fully saturated rings. The van der Waals surface area contributed by atoms with Gasteiger partial charge >= 0.3 is 6.18 Å². The lowest BCUT2D eigenvalue weighted by Gasteiger charge is -2.32. The normalized spacial score (nSPS) is 16.4. The van der Waals surface area contributed by atoms with Crippen LogP contribution in [0.25, 0.3) is 10.8 Å². The van der Waals surface area contributed by atoms with Gasteiger partial charge in [-0.1, -0.05) is 36.4 Å². The standard InChI is InChI=1S/C26H25F3N2O3/c1-34-23-13-12-22(20-6-2-3-7-21(20)23)25(33)31-14-4-5-18(16-31)24(32)30-15-17-8-10-19(11-9-17)26(27,28)29/h2-3,6-13,18H,4-5,14-16H2,1H3,(H,30,32)/t18-/m0/s1. The number of rotatable bonds is 5. The second-order valence-corrected chi connectivity index (χ2v) is 8.36. The lowest BCUT2D eigenvalue weighted by molar-refractivity contribution is -0.137. The molecule has 178 valence electrons. The van der Waals surface area contributed by atoms with Gasteiger partial charge in [-0.25, -0.2) is 0 Å². The maximum Gasteiger partial charge on any atom is 0.416 e. The molecule has 8 heteroatoms. The van der Waals surface area contributed by atoms with Crippen LogP contribution in [0.15, 0.2) is 60.7 Å². The molecule has 1 N–H and O–H groups in total. The number of piperidine rings is 1. The van der Waals surface area contributed by atoms with Crippen LogP contribution in [0.2, 0.25) is 0 Å². The van der Waals surface area contributed by atoms with Crippen molar-refractivity contribution in [3.8, 4) is 5.75 Å². The average Bonchev–Trinajstić information content (AvgIpc) is 2.86. The molecule has 3 aromatic carbocycles. The minimum absolute atomic E-state index is 0.129. The van der Waals surface area contributed by atoms with Gasteiger partial charge < -0.3 is 15.0 Å². The molecule has 0 radical (unpaired) electrons. The minimum atomic E-state index is -4.39. The third-order valence-corrected chi connectivity index (χ3v) is 6.16. The van der Waals surface area contributed by atoms with Crippen LogP contribution in [0.3, 0.4) is 0 Å². The summed E-state index contributed by atoms with van der Waals surface area (Å²) in [5.74, 6) is -0.0425. The van der Waals surface area contributed by atoms with Gasteiger partial charge in [-0.05, 0) is 48.1 Å². The van der Waals surface area contributed by atoms with Crippen molar-refractivity contribution in [2.45, 2.75) is 25.6 Å². The summed E-state index contributed by atoms with van der Waals surface area (Å²) in [6.45, 7) is 0.977. The van der Waals surface area contributed by atoms with E-state index < -0.39 is 11.7 Å². The second kappa shape index (κ2) is 9.75. The van der Waals surface area contributed by atoms with Gasteiger partial charge in [-0.15, -0.1) is 0 Å². The van der Waals surface area contributed by atoms with Crippen LogP contribution >= 0.6 is 0 Å². The highest BCUT2D eigenvalue weighted by molar-refractivity contribution is 6.08. The van der Waals surface area contributed by atoms with E-state index in [0.29, 0.717) is 36.3 Å². The Bertz CT molecular complexity index is 1190. The van der Waals surface area contributed by atoms with Gasteiger partial charge in [0.25, 0.3) is 5.91 Å². The fourth-order valence-corrected chi connectivity index (χ4v) is 4.33. The Morgan fingerprint density at radius 2 is 1.74 bits per heavy atom. The first kappa shape index (κ1) is 23.6. The van der Waals surface area contributed by atoms with Crippen molar-refractivity contribution < 1.29 is 27.5 Å². The van der Waals surface area contributed by atoms with Crippen LogP contribution in [-0.2, 0) is 17.5 Å². The molecule has 0 saturated carbocycles. The Morgan fingerprint density at radius 3 is 2.41 bits per heavy atom. The van der Waals surface area contributed by atoms with Crippen molar-refractivity contribution in [1.29, 1.82) is 0 Å². The van der Waals surface area contributed by atoms with Crippen molar-refractivity contribution >= 4 is 22.6 Å². The SMILES string of the molecule is COc1ccc(C(=O)N2CCC[C@H](C(=O)NCc3ccc(C(F)(F)F)cc3)C2)c2ccccc12. The smallest absolute Gasteiger partial charge is 0.416 e. The number of benzene rings is 3. The molecule has 0 aromatic heterocycles. The molecule has 5 nitrogen and oxygen atoms in total. The summed E-state index contributed by atoms with van der Waals surface area (Å²) in [4.78, 5) is 27.8. The number of fused-ring (bicyclic) bond motifs is 1. The molecule has 0 unspecified atom stereocenters. The molecular weight excluding hydrogens is 445 g/mol. The van der Waals surface area contributed by atoms with Crippen LogP contribution in [0, 0.1) is 5.92 Å². The average molecular weight is 470 g/mol. The lowest BCUT2D eigenvalue weighted by atomic mass is 9.95. The zero-order chi connectivity index (χ0) is 24.3. The van der Waals surface area contributed by atoms with Crippen LogP contribution < -0.4 is 10.1 Å². The van der Waals surface area contributed by atoms with Crippen LogP contribution in [0.4, 0.5) is 13.2 Å². The molecule has 1 aliphatic heterocycles. The number of carbonyl (C=O) groups excluding carboxylic acids is 2.